The van der Waals surface area contributed by atoms with Gasteiger partial charge >= 0.3 is 12.1 Å². The molecule has 1 amide bonds. The Hall–Kier alpha value is -2.57. The number of nitrogens with two attached hydrogens (primary N) is 1. The molecule has 0 bridgehead atoms. The van der Waals surface area contributed by atoms with E-state index in [1.807, 2.05) is 36.4 Å². The maximum absolute atomic E-state index is 12.1. The average Bonchev–Trinajstić information content (AvgIpc) is 2.97. The summed E-state index contributed by atoms with van der Waals surface area (Å²) in [7, 11) is 0. The first-order valence-corrected chi connectivity index (χ1v) is 8.66. The number of alkyl carbamates (subject to hydrolysis) is 1. The van der Waals surface area contributed by atoms with Crippen molar-refractivity contribution in [1.82, 2.24) is 5.32 Å². The summed E-state index contributed by atoms with van der Waals surface area (Å²) in [5, 5.41) is 11.6. The quantitative estimate of drug-likeness (QED) is 0.674. The highest BCUT2D eigenvalue weighted by Crippen LogP contribution is 2.44. The van der Waals surface area contributed by atoms with Gasteiger partial charge in [-0.2, -0.15) is 0 Å². The number of ether oxygens (including phenoxy) is 1. The second kappa shape index (κ2) is 9.39. The van der Waals surface area contributed by atoms with Gasteiger partial charge < -0.3 is 20.9 Å². The predicted molar refractivity (Wildman–Crippen MR) is 105 cm³/mol. The zero-order valence-corrected chi connectivity index (χ0v) is 15.6. The number of carboxylic acids is 1. The van der Waals surface area contributed by atoms with Crippen molar-refractivity contribution in [1.29, 1.82) is 0 Å². The van der Waals surface area contributed by atoms with E-state index in [0.717, 1.165) is 22.3 Å². The van der Waals surface area contributed by atoms with Crippen LogP contribution in [0.15, 0.2) is 48.5 Å². The minimum Gasteiger partial charge on any atom is -0.480 e. The van der Waals surface area contributed by atoms with E-state index in [0.29, 0.717) is 13.0 Å². The Balaban J connectivity index is 0.00000261. The van der Waals surface area contributed by atoms with Gasteiger partial charge in [0.2, 0.25) is 0 Å². The second-order valence-electron chi connectivity index (χ2n) is 6.29. The summed E-state index contributed by atoms with van der Waals surface area (Å²) < 4.78 is 5.36. The van der Waals surface area contributed by atoms with Crippen LogP contribution in [0, 0.1) is 0 Å². The molecule has 0 aliphatic heterocycles. The number of halogens is 1. The molecule has 2 aromatic carbocycles. The number of nitrogens with one attached hydrogen (secondary N) is 1. The molecule has 3 rings (SSSR count). The fraction of sp³-hybridized carbons (Fsp3) is 0.300. The lowest BCUT2D eigenvalue weighted by Crippen LogP contribution is -2.41. The van der Waals surface area contributed by atoms with Gasteiger partial charge in [-0.05, 0) is 41.6 Å². The van der Waals surface area contributed by atoms with E-state index in [9.17, 15) is 14.7 Å². The normalized spacial score (nSPS) is 13.1. The van der Waals surface area contributed by atoms with Gasteiger partial charge in [0.25, 0.3) is 0 Å². The van der Waals surface area contributed by atoms with Crippen LogP contribution in [0.3, 0.4) is 0 Å². The number of aliphatic carboxylic acids is 1. The van der Waals surface area contributed by atoms with Crippen LogP contribution in [0.25, 0.3) is 11.1 Å². The summed E-state index contributed by atoms with van der Waals surface area (Å²) in [4.78, 5) is 23.3. The van der Waals surface area contributed by atoms with Crippen LogP contribution < -0.4 is 11.1 Å². The first-order chi connectivity index (χ1) is 12.6. The zero-order valence-electron chi connectivity index (χ0n) is 14.8. The van der Waals surface area contributed by atoms with Crippen molar-refractivity contribution >= 4 is 24.5 Å². The molecule has 0 radical (unpaired) electrons. The monoisotopic (exact) mass is 390 g/mol. The van der Waals surface area contributed by atoms with Gasteiger partial charge in [-0.15, -0.1) is 12.4 Å². The zero-order chi connectivity index (χ0) is 18.5. The lowest BCUT2D eigenvalue weighted by atomic mass is 9.98. The van der Waals surface area contributed by atoms with E-state index >= 15 is 0 Å². The number of amides is 1. The van der Waals surface area contributed by atoms with Crippen molar-refractivity contribution in [2.45, 2.75) is 24.8 Å². The molecule has 0 heterocycles. The number of carbonyl (C=O) groups excluding carboxylic acids is 1. The lowest BCUT2D eigenvalue weighted by Gasteiger charge is -2.17. The van der Waals surface area contributed by atoms with Crippen molar-refractivity contribution in [3.63, 3.8) is 0 Å². The summed E-state index contributed by atoms with van der Waals surface area (Å²) in [5.41, 5.74) is 9.91. The van der Waals surface area contributed by atoms with Gasteiger partial charge in [0.05, 0.1) is 0 Å². The molecule has 0 saturated heterocycles. The number of rotatable bonds is 7. The predicted octanol–water partition coefficient (Wildman–Crippen LogP) is 3.14. The minimum atomic E-state index is -1.09. The fourth-order valence-corrected chi connectivity index (χ4v) is 3.36. The molecule has 2 aromatic rings. The Morgan fingerprint density at radius 3 is 2.15 bits per heavy atom. The third kappa shape index (κ3) is 4.59. The molecular formula is C20H23ClN2O4. The molecule has 1 aliphatic carbocycles. The standard InChI is InChI=1S/C20H22N2O4.ClH/c21-11-5-10-18(19(23)24)22-20(25)26-12-17-15-8-3-1-6-13(15)14-7-2-4-9-16(14)17;/h1-4,6-9,17-18H,5,10-12,21H2,(H,22,25)(H,23,24);1H/t18-;/m0./s1. The van der Waals surface area contributed by atoms with Crippen molar-refractivity contribution in [3.8, 4) is 11.1 Å². The number of hydrogen-bond donors (Lipinski definition) is 3. The molecule has 1 aliphatic rings. The number of benzene rings is 2. The topological polar surface area (TPSA) is 102 Å². The summed E-state index contributed by atoms with van der Waals surface area (Å²) in [6.07, 6.45) is 0.0627. The molecule has 0 aromatic heterocycles. The first kappa shape index (κ1) is 20.7. The molecule has 7 heteroatoms. The maximum Gasteiger partial charge on any atom is 0.407 e. The average molecular weight is 391 g/mol. The van der Waals surface area contributed by atoms with Crippen LogP contribution >= 0.6 is 12.4 Å². The summed E-state index contributed by atoms with van der Waals surface area (Å²) >= 11 is 0. The number of carbonyl (C=O) groups is 2. The van der Waals surface area contributed by atoms with Crippen molar-refractivity contribution in [2.75, 3.05) is 13.2 Å². The largest absolute Gasteiger partial charge is 0.480 e. The Labute approximate surface area is 164 Å². The van der Waals surface area contributed by atoms with E-state index < -0.39 is 18.1 Å². The first-order valence-electron chi connectivity index (χ1n) is 8.66. The van der Waals surface area contributed by atoms with Crippen LogP contribution in [0.2, 0.25) is 0 Å². The molecular weight excluding hydrogens is 368 g/mol. The van der Waals surface area contributed by atoms with Crippen LogP contribution in [0.5, 0.6) is 0 Å². The van der Waals surface area contributed by atoms with Gasteiger partial charge in [0, 0.05) is 5.92 Å². The van der Waals surface area contributed by atoms with Gasteiger partial charge in [-0.1, -0.05) is 48.5 Å². The number of carboxylic acid groups (broad SMARTS) is 1. The molecule has 27 heavy (non-hydrogen) atoms. The molecule has 6 nitrogen and oxygen atoms in total. The van der Waals surface area contributed by atoms with Crippen molar-refractivity contribution in [2.24, 2.45) is 5.73 Å². The van der Waals surface area contributed by atoms with Gasteiger partial charge in [-0.3, -0.25) is 0 Å². The third-order valence-corrected chi connectivity index (χ3v) is 4.63. The lowest BCUT2D eigenvalue weighted by molar-refractivity contribution is -0.139. The van der Waals surface area contributed by atoms with Crippen molar-refractivity contribution in [3.05, 3.63) is 59.7 Å². The van der Waals surface area contributed by atoms with Gasteiger partial charge in [0.1, 0.15) is 12.6 Å². The fourth-order valence-electron chi connectivity index (χ4n) is 3.36. The summed E-state index contributed by atoms with van der Waals surface area (Å²) in [6.45, 7) is 0.527. The van der Waals surface area contributed by atoms with Gasteiger partial charge in [0.15, 0.2) is 0 Å². The van der Waals surface area contributed by atoms with Crippen LogP contribution in [0.4, 0.5) is 4.79 Å². The Kier molecular flexibility index (Phi) is 7.21. The van der Waals surface area contributed by atoms with E-state index in [1.54, 1.807) is 0 Å². The Morgan fingerprint density at radius 2 is 1.63 bits per heavy atom. The highest BCUT2D eigenvalue weighted by molar-refractivity contribution is 5.85. The van der Waals surface area contributed by atoms with Crippen LogP contribution in [0.1, 0.15) is 29.9 Å². The summed E-state index contributed by atoms with van der Waals surface area (Å²) in [5.74, 6) is -1.15. The highest BCUT2D eigenvalue weighted by atomic mass is 35.5. The van der Waals surface area contributed by atoms with E-state index in [-0.39, 0.29) is 31.4 Å². The molecule has 0 saturated carbocycles. The number of fused-ring (bicyclic) bond motifs is 3. The smallest absolute Gasteiger partial charge is 0.407 e. The Morgan fingerprint density at radius 1 is 1.07 bits per heavy atom. The SMILES string of the molecule is Cl.NCCC[C@H](NC(=O)OCC1c2ccccc2-c2ccccc21)C(=O)O. The maximum atomic E-state index is 12.1. The van der Waals surface area contributed by atoms with Gasteiger partial charge in [-0.25, -0.2) is 9.59 Å². The molecule has 144 valence electrons. The molecule has 4 N–H and O–H groups in total. The molecule has 0 spiro atoms. The van der Waals surface area contributed by atoms with E-state index in [2.05, 4.69) is 17.4 Å². The van der Waals surface area contributed by atoms with E-state index in [1.165, 1.54) is 0 Å². The van der Waals surface area contributed by atoms with Crippen LogP contribution in [-0.4, -0.2) is 36.4 Å². The minimum absolute atomic E-state index is 0. The summed E-state index contributed by atoms with van der Waals surface area (Å²) in [6, 6.07) is 15.1. The molecule has 0 unspecified atom stereocenters. The Bertz CT molecular complexity index is 767. The second-order valence-corrected chi connectivity index (χ2v) is 6.29. The molecule has 1 atom stereocenters. The third-order valence-electron chi connectivity index (χ3n) is 4.63. The number of hydrogen-bond acceptors (Lipinski definition) is 4. The molecule has 0 fully saturated rings. The highest BCUT2D eigenvalue weighted by Gasteiger charge is 2.29. The van der Waals surface area contributed by atoms with E-state index in [4.69, 9.17) is 10.5 Å². The van der Waals surface area contributed by atoms with Crippen LogP contribution in [-0.2, 0) is 9.53 Å². The van der Waals surface area contributed by atoms with Crippen molar-refractivity contribution < 1.29 is 19.4 Å².